The Hall–Kier alpha value is -2.34. The maximum absolute atomic E-state index is 12.1. The normalized spacial score (nSPS) is 13.8. The van der Waals surface area contributed by atoms with Gasteiger partial charge in [0.25, 0.3) is 0 Å². The zero-order valence-electron chi connectivity index (χ0n) is 14.1. The number of benzene rings is 1. The van der Waals surface area contributed by atoms with Crippen molar-refractivity contribution >= 4 is 33.3 Å². The van der Waals surface area contributed by atoms with E-state index in [4.69, 9.17) is 5.73 Å². The summed E-state index contributed by atoms with van der Waals surface area (Å²) in [5.74, 6) is 0.0442. The van der Waals surface area contributed by atoms with E-state index in [2.05, 4.69) is 33.5 Å². The average Bonchev–Trinajstić information content (AvgIpc) is 3.21. The number of fused-ring (bicyclic) bond motifs is 3. The van der Waals surface area contributed by atoms with E-state index in [1.54, 1.807) is 0 Å². The van der Waals surface area contributed by atoms with Crippen LogP contribution in [0, 0.1) is 0 Å². The summed E-state index contributed by atoms with van der Waals surface area (Å²) >= 11 is 1.41. The first-order valence-electron chi connectivity index (χ1n) is 8.78. The van der Waals surface area contributed by atoms with E-state index >= 15 is 0 Å². The number of anilines is 1. The van der Waals surface area contributed by atoms with Crippen LogP contribution < -0.4 is 11.1 Å². The molecule has 2 aromatic heterocycles. The number of thiazole rings is 1. The second-order valence-electron chi connectivity index (χ2n) is 6.62. The zero-order valence-corrected chi connectivity index (χ0v) is 14.9. The highest BCUT2D eigenvalue weighted by Gasteiger charge is 2.15. The summed E-state index contributed by atoms with van der Waals surface area (Å²) in [6.45, 7) is 0.563. The Morgan fingerprint density at radius 3 is 3.04 bits per heavy atom. The number of rotatable bonds is 5. The number of nitrogens with zero attached hydrogens (tertiary/aromatic N) is 1. The van der Waals surface area contributed by atoms with Crippen LogP contribution in [0.5, 0.6) is 0 Å². The molecule has 1 aromatic carbocycles. The van der Waals surface area contributed by atoms with Crippen LogP contribution in [-0.4, -0.2) is 15.9 Å². The van der Waals surface area contributed by atoms with Crippen molar-refractivity contribution < 1.29 is 4.79 Å². The highest BCUT2D eigenvalue weighted by atomic mass is 32.1. The molecular weight excluding hydrogens is 332 g/mol. The third kappa shape index (κ3) is 3.54. The number of H-pyrrole nitrogens is 1. The van der Waals surface area contributed by atoms with Crippen LogP contribution in [0.3, 0.4) is 0 Å². The average molecular weight is 354 g/mol. The van der Waals surface area contributed by atoms with Gasteiger partial charge in [0.2, 0.25) is 5.91 Å². The van der Waals surface area contributed by atoms with Gasteiger partial charge in [-0.3, -0.25) is 4.79 Å². The fourth-order valence-corrected chi connectivity index (χ4v) is 4.13. The zero-order chi connectivity index (χ0) is 17.2. The Morgan fingerprint density at radius 1 is 1.32 bits per heavy atom. The van der Waals surface area contributed by atoms with Gasteiger partial charge >= 0.3 is 0 Å². The van der Waals surface area contributed by atoms with Gasteiger partial charge < -0.3 is 16.0 Å². The number of aromatic amines is 1. The lowest BCUT2D eigenvalue weighted by atomic mass is 9.95. The van der Waals surface area contributed by atoms with Gasteiger partial charge in [-0.15, -0.1) is 11.3 Å². The Morgan fingerprint density at radius 2 is 2.20 bits per heavy atom. The highest BCUT2D eigenvalue weighted by molar-refractivity contribution is 7.13. The lowest BCUT2D eigenvalue weighted by molar-refractivity contribution is -0.121. The second kappa shape index (κ2) is 6.88. The molecule has 0 saturated heterocycles. The van der Waals surface area contributed by atoms with Gasteiger partial charge in [-0.25, -0.2) is 4.98 Å². The van der Waals surface area contributed by atoms with Crippen LogP contribution >= 0.6 is 11.3 Å². The molecule has 4 N–H and O–H groups in total. The van der Waals surface area contributed by atoms with Gasteiger partial charge in [0, 0.05) is 34.9 Å². The number of hydrogen-bond donors (Lipinski definition) is 3. The molecule has 130 valence electrons. The van der Waals surface area contributed by atoms with Crippen molar-refractivity contribution in [2.24, 2.45) is 0 Å². The van der Waals surface area contributed by atoms with Gasteiger partial charge in [0.1, 0.15) is 0 Å². The van der Waals surface area contributed by atoms with Crippen molar-refractivity contribution in [2.45, 2.75) is 45.1 Å². The molecule has 3 aromatic rings. The van der Waals surface area contributed by atoms with Crippen LogP contribution in [0.25, 0.3) is 10.9 Å². The fourth-order valence-electron chi connectivity index (χ4n) is 3.53. The molecule has 0 unspecified atom stereocenters. The van der Waals surface area contributed by atoms with E-state index in [1.807, 2.05) is 5.38 Å². The smallest absolute Gasteiger partial charge is 0.220 e. The van der Waals surface area contributed by atoms with Crippen molar-refractivity contribution in [1.82, 2.24) is 15.3 Å². The summed E-state index contributed by atoms with van der Waals surface area (Å²) in [6.07, 6.45) is 5.91. The van der Waals surface area contributed by atoms with Crippen molar-refractivity contribution in [3.63, 3.8) is 0 Å². The molecule has 6 heteroatoms. The molecular formula is C19H22N4OS. The third-order valence-electron chi connectivity index (χ3n) is 4.83. The molecule has 25 heavy (non-hydrogen) atoms. The first kappa shape index (κ1) is 16.1. The lowest BCUT2D eigenvalue weighted by Crippen LogP contribution is -2.23. The predicted molar refractivity (Wildman–Crippen MR) is 102 cm³/mol. The molecule has 1 aliphatic rings. The number of aryl methyl sites for hydroxylation is 3. The second-order valence-corrected chi connectivity index (χ2v) is 7.51. The maximum atomic E-state index is 12.1. The Balaban J connectivity index is 1.38. The van der Waals surface area contributed by atoms with Crippen LogP contribution in [0.1, 0.15) is 41.8 Å². The quantitative estimate of drug-likeness (QED) is 0.657. The van der Waals surface area contributed by atoms with Crippen molar-refractivity contribution in [3.8, 4) is 0 Å². The maximum Gasteiger partial charge on any atom is 0.220 e. The van der Waals surface area contributed by atoms with Gasteiger partial charge in [-0.2, -0.15) is 0 Å². The van der Waals surface area contributed by atoms with Crippen molar-refractivity contribution in [1.29, 1.82) is 0 Å². The molecule has 0 aliphatic heterocycles. The van der Waals surface area contributed by atoms with Crippen LogP contribution in [0.15, 0.2) is 23.6 Å². The number of carbonyl (C=O) groups excluding carboxylic acids is 1. The van der Waals surface area contributed by atoms with Crippen LogP contribution in [0.2, 0.25) is 0 Å². The van der Waals surface area contributed by atoms with Gasteiger partial charge in [-0.1, -0.05) is 6.07 Å². The standard InChI is InChI=1S/C19H22N4OS/c20-19-22-13(11-25-19)6-8-18(24)21-10-12-5-7-17-15(9-12)14-3-1-2-4-16(14)23-17/h5,7,9,11,23H,1-4,6,8,10H2,(H2,20,22)(H,21,24). The number of hydrogen-bond acceptors (Lipinski definition) is 4. The Bertz CT molecular complexity index is 911. The van der Waals surface area contributed by atoms with Gasteiger partial charge in [0.15, 0.2) is 5.13 Å². The minimum Gasteiger partial charge on any atom is -0.375 e. The first-order chi connectivity index (χ1) is 12.2. The molecule has 0 spiro atoms. The molecule has 0 saturated carbocycles. The number of carbonyl (C=O) groups is 1. The van der Waals surface area contributed by atoms with Crippen molar-refractivity contribution in [2.75, 3.05) is 5.73 Å². The first-order valence-corrected chi connectivity index (χ1v) is 9.66. The fraction of sp³-hybridized carbons (Fsp3) is 0.368. The van der Waals surface area contributed by atoms with E-state index < -0.39 is 0 Å². The minimum absolute atomic E-state index is 0.0442. The highest BCUT2D eigenvalue weighted by Crippen LogP contribution is 2.29. The van der Waals surface area contributed by atoms with Gasteiger partial charge in [-0.05, 0) is 55.4 Å². The number of nitrogens with one attached hydrogen (secondary N) is 2. The number of nitrogen functional groups attached to an aromatic ring is 1. The van der Waals surface area contributed by atoms with E-state index in [-0.39, 0.29) is 5.91 Å². The minimum atomic E-state index is 0.0442. The lowest BCUT2D eigenvalue weighted by Gasteiger charge is -2.10. The molecule has 0 radical (unpaired) electrons. The molecule has 0 atom stereocenters. The molecule has 1 aliphatic carbocycles. The Labute approximate surface area is 150 Å². The SMILES string of the molecule is Nc1nc(CCC(=O)NCc2ccc3[nH]c4c(c3c2)CCCC4)cs1. The topological polar surface area (TPSA) is 83.8 Å². The van der Waals surface area contributed by atoms with E-state index in [1.165, 1.54) is 46.3 Å². The van der Waals surface area contributed by atoms with Crippen LogP contribution in [0.4, 0.5) is 5.13 Å². The summed E-state index contributed by atoms with van der Waals surface area (Å²) in [7, 11) is 0. The summed E-state index contributed by atoms with van der Waals surface area (Å²) in [5.41, 5.74) is 11.7. The molecule has 4 rings (SSSR count). The van der Waals surface area contributed by atoms with Crippen molar-refractivity contribution in [3.05, 3.63) is 46.1 Å². The molecule has 0 fully saturated rings. The van der Waals surface area contributed by atoms with E-state index in [0.717, 1.165) is 24.1 Å². The molecule has 2 heterocycles. The summed E-state index contributed by atoms with van der Waals surface area (Å²) in [5, 5.41) is 6.79. The Kier molecular flexibility index (Phi) is 4.44. The molecule has 1 amide bonds. The molecule has 5 nitrogen and oxygen atoms in total. The summed E-state index contributed by atoms with van der Waals surface area (Å²) in [6, 6.07) is 6.44. The van der Waals surface area contributed by atoms with Crippen LogP contribution in [-0.2, 0) is 30.6 Å². The predicted octanol–water partition coefficient (Wildman–Crippen LogP) is 3.33. The van der Waals surface area contributed by atoms with Gasteiger partial charge in [0.05, 0.1) is 5.69 Å². The number of nitrogens with two attached hydrogens (primary N) is 1. The van der Waals surface area contributed by atoms with E-state index in [9.17, 15) is 4.79 Å². The summed E-state index contributed by atoms with van der Waals surface area (Å²) < 4.78 is 0. The number of amides is 1. The summed E-state index contributed by atoms with van der Waals surface area (Å²) in [4.78, 5) is 19.8. The molecule has 0 bridgehead atoms. The number of aromatic nitrogens is 2. The van der Waals surface area contributed by atoms with E-state index in [0.29, 0.717) is 24.5 Å². The largest absolute Gasteiger partial charge is 0.375 e. The third-order valence-corrected chi connectivity index (χ3v) is 5.55. The monoisotopic (exact) mass is 354 g/mol.